The molecule has 0 aromatic heterocycles. The maximum Gasteiger partial charge on any atom is 0.308 e. The van der Waals surface area contributed by atoms with Crippen molar-refractivity contribution in [2.24, 2.45) is 11.8 Å². The van der Waals surface area contributed by atoms with Crippen LogP contribution in [-0.4, -0.2) is 31.1 Å². The number of hydrogen-bond donors (Lipinski definition) is 1. The zero-order valence-electron chi connectivity index (χ0n) is 18.0. The topological polar surface area (TPSA) is 114 Å². The molecule has 29 heavy (non-hydrogen) atoms. The van der Waals surface area contributed by atoms with Crippen molar-refractivity contribution in [3.8, 4) is 11.5 Å². The Morgan fingerprint density at radius 1 is 1.00 bits per heavy atom. The summed E-state index contributed by atoms with van der Waals surface area (Å²) >= 11 is 0. The molecule has 8 nitrogen and oxygen atoms in total. The fourth-order valence-electron chi connectivity index (χ4n) is 2.21. The van der Waals surface area contributed by atoms with Gasteiger partial charge in [0.2, 0.25) is 0 Å². The Morgan fingerprint density at radius 2 is 1.62 bits per heavy atom. The number of carbonyl (C=O) groups excluding carboxylic acids is 3. The number of ether oxygens (including phenoxy) is 3. The third kappa shape index (κ3) is 13.4. The van der Waals surface area contributed by atoms with Crippen LogP contribution in [0, 0.1) is 5.92 Å². The van der Waals surface area contributed by atoms with E-state index in [2.05, 4.69) is 18.7 Å². The summed E-state index contributed by atoms with van der Waals surface area (Å²) in [7, 11) is 0. The van der Waals surface area contributed by atoms with Crippen LogP contribution >= 0.6 is 0 Å². The highest BCUT2D eigenvalue weighted by molar-refractivity contribution is 5.71. The van der Waals surface area contributed by atoms with Crippen LogP contribution in [0.5, 0.6) is 11.5 Å². The summed E-state index contributed by atoms with van der Waals surface area (Å²) in [5, 5.41) is 0. The monoisotopic (exact) mass is 413 g/mol. The Balaban J connectivity index is 0. The first-order valence-corrected chi connectivity index (χ1v) is 9.68. The second kappa shape index (κ2) is 15.5. The van der Waals surface area contributed by atoms with Gasteiger partial charge in [-0.2, -0.15) is 0 Å². The summed E-state index contributed by atoms with van der Waals surface area (Å²) < 4.78 is 15.3. The van der Waals surface area contributed by atoms with Gasteiger partial charge in [-0.3, -0.25) is 14.4 Å². The summed E-state index contributed by atoms with van der Waals surface area (Å²) in [4.78, 5) is 38.0. The molecule has 0 saturated heterocycles. The van der Waals surface area contributed by atoms with E-state index in [1.54, 1.807) is 12.1 Å². The quantitative estimate of drug-likeness (QED) is 0.352. The summed E-state index contributed by atoms with van der Waals surface area (Å²) in [5.74, 6) is 4.18. The van der Waals surface area contributed by atoms with E-state index in [0.717, 1.165) is 0 Å². The Bertz CT molecular complexity index is 650. The minimum absolute atomic E-state index is 0. The highest BCUT2D eigenvalue weighted by atomic mass is 16.6. The van der Waals surface area contributed by atoms with Crippen LogP contribution in [0.4, 0.5) is 0 Å². The lowest BCUT2D eigenvalue weighted by Gasteiger charge is -2.18. The Morgan fingerprint density at radius 3 is 2.10 bits per heavy atom. The number of esters is 3. The normalized spacial score (nSPS) is 11.0. The molecule has 0 bridgehead atoms. The molecule has 1 unspecified atom stereocenters. The number of rotatable bonds is 10. The number of nitrogens with two attached hydrogens (primary N) is 1. The largest absolute Gasteiger partial charge is 0.466 e. The molecule has 0 aliphatic heterocycles. The van der Waals surface area contributed by atoms with Crippen LogP contribution in [0.25, 0.3) is 0 Å². The van der Waals surface area contributed by atoms with Crippen LogP contribution in [0.2, 0.25) is 0 Å². The van der Waals surface area contributed by atoms with E-state index in [9.17, 15) is 14.4 Å². The highest BCUT2D eigenvalue weighted by Crippen LogP contribution is 2.28. The second-order valence-electron chi connectivity index (χ2n) is 6.49. The average Bonchev–Trinajstić information content (AvgIpc) is 2.64. The van der Waals surface area contributed by atoms with Crippen LogP contribution in [-0.2, 0) is 30.4 Å². The minimum Gasteiger partial charge on any atom is -0.466 e. The van der Waals surface area contributed by atoms with Gasteiger partial charge < -0.3 is 19.0 Å². The lowest BCUT2D eigenvalue weighted by Crippen LogP contribution is -2.18. The zero-order valence-corrected chi connectivity index (χ0v) is 18.0. The van der Waals surface area contributed by atoms with Crippen molar-refractivity contribution in [3.05, 3.63) is 23.8 Å². The van der Waals surface area contributed by atoms with Gasteiger partial charge in [0.15, 0.2) is 0 Å². The van der Waals surface area contributed by atoms with E-state index in [1.807, 2.05) is 0 Å². The van der Waals surface area contributed by atoms with E-state index in [0.29, 0.717) is 25.0 Å². The summed E-state index contributed by atoms with van der Waals surface area (Å²) in [6, 6.07) is 4.77. The molecule has 1 aromatic rings. The van der Waals surface area contributed by atoms with E-state index >= 15 is 0 Å². The second-order valence-corrected chi connectivity index (χ2v) is 6.49. The Labute approximate surface area is 174 Å². The molecular formula is C21H35NO7. The lowest BCUT2D eigenvalue weighted by atomic mass is 9.96. The van der Waals surface area contributed by atoms with Gasteiger partial charge in [0.05, 0.1) is 13.2 Å². The molecular weight excluding hydrogens is 378 g/mol. The van der Waals surface area contributed by atoms with Crippen molar-refractivity contribution in [1.29, 1.82) is 0 Å². The zero-order chi connectivity index (χ0) is 22.2. The van der Waals surface area contributed by atoms with E-state index in [1.165, 1.54) is 39.7 Å². The van der Waals surface area contributed by atoms with Crippen molar-refractivity contribution in [3.63, 3.8) is 0 Å². The van der Waals surface area contributed by atoms with Crippen LogP contribution in [0.15, 0.2) is 18.2 Å². The van der Waals surface area contributed by atoms with Gasteiger partial charge in [-0.25, -0.2) is 5.90 Å². The lowest BCUT2D eigenvalue weighted by molar-refractivity contribution is -0.142. The Kier molecular flexibility index (Phi) is 14.2. The molecule has 0 aliphatic rings. The first-order valence-electron chi connectivity index (χ1n) is 9.68. The fraction of sp³-hybridized carbons (Fsp3) is 0.571. The molecule has 166 valence electrons. The number of benzene rings is 1. The van der Waals surface area contributed by atoms with Gasteiger partial charge in [0.25, 0.3) is 0 Å². The van der Waals surface area contributed by atoms with Gasteiger partial charge >= 0.3 is 17.9 Å². The SMILES string of the molecule is CC(=O)OCC(CCON)Cc1ccc(OC(C)=O)cc1OC(C)=O.CCCC.[HH]. The maximum atomic E-state index is 11.3. The summed E-state index contributed by atoms with van der Waals surface area (Å²) in [6.07, 6.45) is 3.65. The van der Waals surface area contributed by atoms with Crippen molar-refractivity contribution in [1.82, 2.24) is 0 Å². The molecule has 0 saturated carbocycles. The molecule has 1 rings (SSSR count). The van der Waals surface area contributed by atoms with Gasteiger partial charge in [0.1, 0.15) is 11.5 Å². The van der Waals surface area contributed by atoms with Crippen molar-refractivity contribution in [2.75, 3.05) is 13.2 Å². The average molecular weight is 414 g/mol. The van der Waals surface area contributed by atoms with Crippen LogP contribution in [0.3, 0.4) is 0 Å². The van der Waals surface area contributed by atoms with Gasteiger partial charge in [-0.05, 0) is 30.4 Å². The fourth-order valence-corrected chi connectivity index (χ4v) is 2.21. The molecule has 0 amide bonds. The molecule has 0 spiro atoms. The van der Waals surface area contributed by atoms with E-state index < -0.39 is 11.9 Å². The van der Waals surface area contributed by atoms with E-state index in [-0.39, 0.29) is 31.4 Å². The first-order chi connectivity index (χ1) is 13.7. The van der Waals surface area contributed by atoms with Crippen molar-refractivity contribution >= 4 is 17.9 Å². The summed E-state index contributed by atoms with van der Waals surface area (Å²) in [5.41, 5.74) is 0.709. The molecule has 1 aromatic carbocycles. The van der Waals surface area contributed by atoms with Crippen molar-refractivity contribution < 1.29 is 34.9 Å². The van der Waals surface area contributed by atoms with Crippen molar-refractivity contribution in [2.45, 2.75) is 60.3 Å². The molecule has 1 atom stereocenters. The minimum atomic E-state index is -0.497. The molecule has 0 aliphatic carbocycles. The van der Waals surface area contributed by atoms with E-state index in [4.69, 9.17) is 20.1 Å². The third-order valence-electron chi connectivity index (χ3n) is 3.73. The number of hydrogen-bond acceptors (Lipinski definition) is 8. The first kappa shape index (κ1) is 26.6. The smallest absolute Gasteiger partial charge is 0.308 e. The van der Waals surface area contributed by atoms with Gasteiger partial charge in [0, 0.05) is 28.3 Å². The van der Waals surface area contributed by atoms with Crippen LogP contribution in [0.1, 0.15) is 60.9 Å². The number of unbranched alkanes of at least 4 members (excludes halogenated alkanes) is 1. The predicted molar refractivity (Wildman–Crippen MR) is 110 cm³/mol. The summed E-state index contributed by atoms with van der Waals surface area (Å²) in [6.45, 7) is 8.72. The van der Waals surface area contributed by atoms with Gasteiger partial charge in [-0.1, -0.05) is 32.8 Å². The van der Waals surface area contributed by atoms with Gasteiger partial charge in [-0.15, -0.1) is 0 Å². The molecule has 0 fully saturated rings. The molecule has 0 heterocycles. The third-order valence-corrected chi connectivity index (χ3v) is 3.73. The Hall–Kier alpha value is -2.45. The van der Waals surface area contributed by atoms with Crippen LogP contribution < -0.4 is 15.4 Å². The molecule has 0 radical (unpaired) electrons. The number of carbonyl (C=O) groups is 3. The standard InChI is InChI=1S/C17H23NO7.C4H10.H2/c1-11(19)22-10-14(6-7-23-18)8-15-4-5-16(24-12(2)20)9-17(15)25-13(3)21;1-3-4-2;/h4-5,9,14H,6-8,10,18H2,1-3H3;3-4H2,1-2H3;1H. The predicted octanol–water partition coefficient (Wildman–Crippen LogP) is 3.59. The maximum absolute atomic E-state index is 11.3. The highest BCUT2D eigenvalue weighted by Gasteiger charge is 2.17. The molecule has 8 heteroatoms. The molecule has 2 N–H and O–H groups in total.